The highest BCUT2D eigenvalue weighted by Gasteiger charge is 2.60. The lowest BCUT2D eigenvalue weighted by Gasteiger charge is -2.34. The Morgan fingerprint density at radius 3 is 2.54 bits per heavy atom. The normalized spacial score (nSPS) is 22.0. The van der Waals surface area contributed by atoms with Gasteiger partial charge < -0.3 is 10.4 Å². The van der Waals surface area contributed by atoms with Crippen molar-refractivity contribution >= 4 is 23.3 Å². The number of H-pyrrole nitrogens is 1. The summed E-state index contributed by atoms with van der Waals surface area (Å²) in [6.45, 7) is 1.67. The highest BCUT2D eigenvalue weighted by molar-refractivity contribution is 6.30. The van der Waals surface area contributed by atoms with Crippen molar-refractivity contribution in [1.29, 1.82) is 0 Å². The molecule has 2 unspecified atom stereocenters. The van der Waals surface area contributed by atoms with E-state index in [1.807, 2.05) is 0 Å². The monoisotopic (exact) mass is 359 g/mol. The number of nitrogens with one attached hydrogen (secondary N) is 2. The van der Waals surface area contributed by atoms with Crippen LogP contribution in [-0.4, -0.2) is 27.4 Å². The molecule has 5 nitrogen and oxygen atoms in total. The maximum atomic E-state index is 13.5. The summed E-state index contributed by atoms with van der Waals surface area (Å²) in [5.74, 6) is -1.77. The molecule has 0 saturated heterocycles. The van der Waals surface area contributed by atoms with Crippen LogP contribution in [0.5, 0.6) is 0 Å². The summed E-state index contributed by atoms with van der Waals surface area (Å²) in [5.41, 5.74) is -2.95. The van der Waals surface area contributed by atoms with E-state index in [-0.39, 0.29) is 11.5 Å². The number of aliphatic hydroxyl groups is 1. The number of rotatable bonds is 2. The van der Waals surface area contributed by atoms with Gasteiger partial charge in [-0.2, -0.15) is 18.3 Å². The van der Waals surface area contributed by atoms with E-state index in [2.05, 4.69) is 15.5 Å². The first-order valence-corrected chi connectivity index (χ1v) is 7.44. The van der Waals surface area contributed by atoms with Crippen LogP contribution in [-0.2, 0) is 10.4 Å². The fraction of sp³-hybridized carbons (Fsp3) is 0.333. The van der Waals surface area contributed by atoms with Gasteiger partial charge in [-0.3, -0.25) is 9.89 Å². The Morgan fingerprint density at radius 2 is 1.96 bits per heavy atom. The second kappa shape index (κ2) is 5.49. The molecule has 2 heterocycles. The predicted octanol–water partition coefficient (Wildman–Crippen LogP) is 3.31. The Balaban J connectivity index is 2.13. The topological polar surface area (TPSA) is 78.0 Å². The van der Waals surface area contributed by atoms with Crippen LogP contribution in [0.2, 0.25) is 5.02 Å². The van der Waals surface area contributed by atoms with Crippen molar-refractivity contribution in [2.24, 2.45) is 0 Å². The maximum absolute atomic E-state index is 13.5. The second-order valence-electron chi connectivity index (χ2n) is 5.72. The summed E-state index contributed by atoms with van der Waals surface area (Å²) in [6, 6.07) is 6.59. The highest BCUT2D eigenvalue weighted by atomic mass is 35.5. The third-order valence-corrected chi connectivity index (χ3v) is 4.41. The van der Waals surface area contributed by atoms with Crippen LogP contribution in [0, 0.1) is 0 Å². The Kier molecular flexibility index (Phi) is 3.84. The third kappa shape index (κ3) is 2.55. The molecule has 24 heavy (non-hydrogen) atoms. The van der Waals surface area contributed by atoms with Crippen LogP contribution in [0.4, 0.5) is 19.0 Å². The van der Waals surface area contributed by atoms with Crippen LogP contribution in [0.25, 0.3) is 0 Å². The van der Waals surface area contributed by atoms with E-state index in [1.165, 1.54) is 0 Å². The molecule has 1 aromatic carbocycles. The average Bonchev–Trinajstić information content (AvgIpc) is 2.90. The quantitative estimate of drug-likeness (QED) is 0.769. The number of hydrogen-bond acceptors (Lipinski definition) is 3. The number of anilines is 1. The number of aromatic amines is 1. The average molecular weight is 360 g/mol. The van der Waals surface area contributed by atoms with E-state index >= 15 is 0 Å². The van der Waals surface area contributed by atoms with E-state index in [4.69, 9.17) is 11.6 Å². The molecule has 1 aliphatic heterocycles. The molecular formula is C15H13ClF3N3O2. The molecule has 0 saturated carbocycles. The lowest BCUT2D eigenvalue weighted by molar-refractivity contribution is -0.267. The van der Waals surface area contributed by atoms with Gasteiger partial charge in [0.25, 0.3) is 0 Å². The second-order valence-corrected chi connectivity index (χ2v) is 6.15. The molecule has 0 aliphatic carbocycles. The van der Waals surface area contributed by atoms with Gasteiger partial charge in [-0.15, -0.1) is 0 Å². The first-order valence-electron chi connectivity index (χ1n) is 7.06. The number of carbonyl (C=O) groups is 1. The van der Waals surface area contributed by atoms with Crippen LogP contribution >= 0.6 is 11.6 Å². The summed E-state index contributed by atoms with van der Waals surface area (Å²) in [5, 5.41) is 19.3. The zero-order valence-electron chi connectivity index (χ0n) is 12.4. The molecule has 9 heteroatoms. The van der Waals surface area contributed by atoms with Gasteiger partial charge in [0.2, 0.25) is 5.91 Å². The number of carbonyl (C=O) groups excluding carboxylic acids is 1. The van der Waals surface area contributed by atoms with Crippen molar-refractivity contribution in [3.63, 3.8) is 0 Å². The molecule has 2 atom stereocenters. The highest BCUT2D eigenvalue weighted by Crippen LogP contribution is 2.49. The maximum Gasteiger partial charge on any atom is 0.422 e. The van der Waals surface area contributed by atoms with Gasteiger partial charge >= 0.3 is 6.18 Å². The molecule has 2 aromatic rings. The van der Waals surface area contributed by atoms with Crippen LogP contribution < -0.4 is 5.32 Å². The van der Waals surface area contributed by atoms with E-state index in [0.717, 1.165) is 0 Å². The van der Waals surface area contributed by atoms with E-state index < -0.39 is 35.6 Å². The van der Waals surface area contributed by atoms with Crippen molar-refractivity contribution in [2.75, 3.05) is 5.32 Å². The zero-order valence-corrected chi connectivity index (χ0v) is 13.2. The molecular weight excluding hydrogens is 347 g/mol. The minimum Gasteiger partial charge on any atom is -0.376 e. The molecule has 3 N–H and O–H groups in total. The lowest BCUT2D eigenvalue weighted by atomic mass is 9.82. The molecule has 0 spiro atoms. The van der Waals surface area contributed by atoms with E-state index in [1.54, 1.807) is 31.2 Å². The number of amides is 1. The molecule has 1 amide bonds. The number of aromatic nitrogens is 2. The number of nitrogens with zero attached hydrogens (tertiary/aromatic N) is 1. The van der Waals surface area contributed by atoms with Crippen molar-refractivity contribution < 1.29 is 23.1 Å². The lowest BCUT2D eigenvalue weighted by Crippen LogP contribution is -2.48. The largest absolute Gasteiger partial charge is 0.422 e. The van der Waals surface area contributed by atoms with Crippen LogP contribution in [0.1, 0.15) is 36.1 Å². The van der Waals surface area contributed by atoms with Crippen molar-refractivity contribution in [2.45, 2.75) is 31.0 Å². The molecule has 0 radical (unpaired) electrons. The minimum absolute atomic E-state index is 0.0900. The van der Waals surface area contributed by atoms with Crippen molar-refractivity contribution in [3.05, 3.63) is 46.1 Å². The Bertz CT molecular complexity index is 788. The number of halogens is 4. The fourth-order valence-electron chi connectivity index (χ4n) is 2.84. The Morgan fingerprint density at radius 1 is 1.33 bits per heavy atom. The molecule has 1 aliphatic rings. The smallest absolute Gasteiger partial charge is 0.376 e. The number of fused-ring (bicyclic) bond motifs is 1. The van der Waals surface area contributed by atoms with E-state index in [0.29, 0.717) is 10.6 Å². The molecule has 1 aromatic heterocycles. The van der Waals surface area contributed by atoms with Gasteiger partial charge in [-0.1, -0.05) is 30.7 Å². The molecule has 3 rings (SSSR count). The zero-order chi connectivity index (χ0) is 17.7. The minimum atomic E-state index is -5.02. The van der Waals surface area contributed by atoms with Gasteiger partial charge in [0.1, 0.15) is 0 Å². The SMILES string of the molecule is CC(c1ccc(Cl)cc1)c1[nH]nc2c1C(O)(C(F)(F)F)CC(=O)N2. The van der Waals surface area contributed by atoms with Gasteiger partial charge in [0.05, 0.1) is 17.7 Å². The summed E-state index contributed by atoms with van der Waals surface area (Å²) < 4.78 is 40.4. The molecule has 0 fully saturated rings. The Labute approximate surface area is 139 Å². The van der Waals surface area contributed by atoms with Crippen LogP contribution in [0.15, 0.2) is 24.3 Å². The standard InChI is InChI=1S/C15H13ClF3N3O2/c1-7(8-2-4-9(16)5-3-8)12-11-13(22-21-12)20-10(23)6-14(11,24)15(17,18)19/h2-5,7,24H,6H2,1H3,(H2,20,21,22,23). The summed E-state index contributed by atoms with van der Waals surface area (Å²) in [7, 11) is 0. The van der Waals surface area contributed by atoms with Gasteiger partial charge in [0, 0.05) is 10.9 Å². The third-order valence-electron chi connectivity index (χ3n) is 4.15. The molecule has 128 valence electrons. The van der Waals surface area contributed by atoms with Gasteiger partial charge in [0.15, 0.2) is 11.4 Å². The van der Waals surface area contributed by atoms with E-state index in [9.17, 15) is 23.1 Å². The van der Waals surface area contributed by atoms with Gasteiger partial charge in [-0.25, -0.2) is 0 Å². The first-order chi connectivity index (χ1) is 11.1. The summed E-state index contributed by atoms with van der Waals surface area (Å²) >= 11 is 5.82. The predicted molar refractivity (Wildman–Crippen MR) is 80.8 cm³/mol. The fourth-order valence-corrected chi connectivity index (χ4v) is 2.96. The molecule has 0 bridgehead atoms. The summed E-state index contributed by atoms with van der Waals surface area (Å²) in [6.07, 6.45) is -6.12. The Hall–Kier alpha value is -2.06. The van der Waals surface area contributed by atoms with Crippen molar-refractivity contribution in [3.8, 4) is 0 Å². The number of alkyl halides is 3. The van der Waals surface area contributed by atoms with Crippen molar-refractivity contribution in [1.82, 2.24) is 10.2 Å². The first kappa shape index (κ1) is 16.8. The number of hydrogen-bond donors (Lipinski definition) is 3. The summed E-state index contributed by atoms with van der Waals surface area (Å²) in [4.78, 5) is 11.5. The number of benzene rings is 1. The van der Waals surface area contributed by atoms with Gasteiger partial charge in [-0.05, 0) is 17.7 Å². The van der Waals surface area contributed by atoms with Crippen LogP contribution in [0.3, 0.4) is 0 Å².